The average Bonchev–Trinajstić information content (AvgIpc) is 2.85. The van der Waals surface area contributed by atoms with E-state index in [0.29, 0.717) is 24.6 Å². The third kappa shape index (κ3) is 3.76. The quantitative estimate of drug-likeness (QED) is 0.804. The highest BCUT2D eigenvalue weighted by Gasteiger charge is 2.49. The summed E-state index contributed by atoms with van der Waals surface area (Å²) in [5.41, 5.74) is 0.698. The van der Waals surface area contributed by atoms with Gasteiger partial charge in [0.25, 0.3) is 5.91 Å². The molecule has 1 aromatic rings. The monoisotopic (exact) mass is 387 g/mol. The number of amides is 4. The van der Waals surface area contributed by atoms with E-state index < -0.39 is 17.5 Å². The number of imide groups is 1. The fourth-order valence-corrected chi connectivity index (χ4v) is 3.85. The van der Waals surface area contributed by atoms with Crippen LogP contribution in [0.2, 0.25) is 0 Å². The molecule has 4 amide bonds. The maximum atomic E-state index is 13.1. The number of nitrogens with one attached hydrogen (secondary N) is 1. The number of ether oxygens (including phenoxy) is 1. The molecule has 0 bridgehead atoms. The molecule has 7 nitrogen and oxygen atoms in total. The first-order valence-electron chi connectivity index (χ1n) is 9.79. The van der Waals surface area contributed by atoms with E-state index in [2.05, 4.69) is 19.2 Å². The number of rotatable bonds is 4. The average molecular weight is 387 g/mol. The minimum absolute atomic E-state index is 0.0689. The lowest BCUT2D eigenvalue weighted by atomic mass is 9.90. The van der Waals surface area contributed by atoms with E-state index in [1.54, 1.807) is 11.8 Å². The van der Waals surface area contributed by atoms with E-state index in [4.69, 9.17) is 4.74 Å². The first-order chi connectivity index (χ1) is 13.1. The molecule has 0 spiro atoms. The first kappa shape index (κ1) is 20.3. The molecule has 28 heavy (non-hydrogen) atoms. The highest BCUT2D eigenvalue weighted by molar-refractivity contribution is 6.09. The van der Waals surface area contributed by atoms with Gasteiger partial charge in [-0.1, -0.05) is 38.1 Å². The van der Waals surface area contributed by atoms with Gasteiger partial charge in [0, 0.05) is 13.1 Å². The molecule has 2 aliphatic heterocycles. The van der Waals surface area contributed by atoms with Gasteiger partial charge in [0.15, 0.2) is 0 Å². The van der Waals surface area contributed by atoms with Crippen LogP contribution >= 0.6 is 0 Å². The Kier molecular flexibility index (Phi) is 5.48. The summed E-state index contributed by atoms with van der Waals surface area (Å²) < 4.78 is 5.64. The SMILES string of the molecule is CC(C)c1ccc([C@@]2(C)NC(=O)N(CC(=O)N3C[C@@H](C)O[C@@H](C)C3)C2=O)cc1. The van der Waals surface area contributed by atoms with Crippen molar-refractivity contribution in [3.05, 3.63) is 35.4 Å². The molecule has 152 valence electrons. The summed E-state index contributed by atoms with van der Waals surface area (Å²) in [7, 11) is 0. The first-order valence-corrected chi connectivity index (χ1v) is 9.79. The Labute approximate surface area is 166 Å². The Morgan fingerprint density at radius 2 is 1.75 bits per heavy atom. The Hall–Kier alpha value is -2.41. The summed E-state index contributed by atoms with van der Waals surface area (Å²) in [4.78, 5) is 40.9. The second-order valence-electron chi connectivity index (χ2n) is 8.28. The van der Waals surface area contributed by atoms with Gasteiger partial charge < -0.3 is 15.0 Å². The van der Waals surface area contributed by atoms with Gasteiger partial charge in [0.05, 0.1) is 12.2 Å². The van der Waals surface area contributed by atoms with Gasteiger partial charge in [0.1, 0.15) is 12.1 Å². The molecule has 0 aromatic heterocycles. The van der Waals surface area contributed by atoms with E-state index in [0.717, 1.165) is 10.5 Å². The van der Waals surface area contributed by atoms with E-state index >= 15 is 0 Å². The summed E-state index contributed by atoms with van der Waals surface area (Å²) in [6.45, 7) is 10.3. The van der Waals surface area contributed by atoms with Gasteiger partial charge >= 0.3 is 6.03 Å². The minimum atomic E-state index is -1.17. The normalized spacial score (nSPS) is 28.1. The topological polar surface area (TPSA) is 79.0 Å². The second-order valence-corrected chi connectivity index (χ2v) is 8.28. The predicted octanol–water partition coefficient (Wildman–Crippen LogP) is 2.21. The second kappa shape index (κ2) is 7.54. The van der Waals surface area contributed by atoms with Crippen LogP contribution in [0.5, 0.6) is 0 Å². The predicted molar refractivity (Wildman–Crippen MR) is 105 cm³/mol. The van der Waals surface area contributed by atoms with Crippen LogP contribution < -0.4 is 5.32 Å². The van der Waals surface area contributed by atoms with Crippen LogP contribution in [0.3, 0.4) is 0 Å². The maximum absolute atomic E-state index is 13.1. The van der Waals surface area contributed by atoms with Crippen LogP contribution in [0, 0.1) is 0 Å². The zero-order chi connectivity index (χ0) is 20.6. The molecule has 1 N–H and O–H groups in total. The minimum Gasteiger partial charge on any atom is -0.372 e. The number of hydrogen-bond donors (Lipinski definition) is 1. The number of morpholine rings is 1. The van der Waals surface area contributed by atoms with Crippen molar-refractivity contribution in [1.29, 1.82) is 0 Å². The zero-order valence-corrected chi connectivity index (χ0v) is 17.2. The van der Waals surface area contributed by atoms with E-state index in [1.165, 1.54) is 0 Å². The van der Waals surface area contributed by atoms with Gasteiger partial charge in [-0.25, -0.2) is 4.79 Å². The number of carbonyl (C=O) groups excluding carboxylic acids is 3. The molecule has 2 heterocycles. The van der Waals surface area contributed by atoms with Gasteiger partial charge in [0.2, 0.25) is 5.91 Å². The van der Waals surface area contributed by atoms with Crippen molar-refractivity contribution in [2.24, 2.45) is 0 Å². The van der Waals surface area contributed by atoms with Crippen molar-refractivity contribution >= 4 is 17.8 Å². The molecule has 0 unspecified atom stereocenters. The van der Waals surface area contributed by atoms with Crippen LogP contribution in [0.25, 0.3) is 0 Å². The summed E-state index contributed by atoms with van der Waals surface area (Å²) in [6.07, 6.45) is -0.138. The third-order valence-corrected chi connectivity index (χ3v) is 5.50. The van der Waals surface area contributed by atoms with Crippen LogP contribution in [-0.4, -0.2) is 59.5 Å². The lowest BCUT2D eigenvalue weighted by Crippen LogP contribution is -2.52. The van der Waals surface area contributed by atoms with Gasteiger partial charge in [-0.2, -0.15) is 0 Å². The van der Waals surface area contributed by atoms with E-state index in [9.17, 15) is 14.4 Å². The molecule has 0 aliphatic carbocycles. The molecule has 0 radical (unpaired) electrons. The lowest BCUT2D eigenvalue weighted by molar-refractivity contribution is -0.146. The molecule has 0 saturated carbocycles. The summed E-state index contributed by atoms with van der Waals surface area (Å²) in [5.74, 6) is -0.273. The van der Waals surface area contributed by atoms with Gasteiger partial charge in [-0.3, -0.25) is 14.5 Å². The molecule has 2 aliphatic rings. The molecule has 3 atom stereocenters. The zero-order valence-electron chi connectivity index (χ0n) is 17.2. The van der Waals surface area contributed by atoms with Crippen molar-refractivity contribution in [2.75, 3.05) is 19.6 Å². The fourth-order valence-electron chi connectivity index (χ4n) is 3.85. The number of urea groups is 1. The van der Waals surface area contributed by atoms with Crippen LogP contribution in [-0.2, 0) is 19.9 Å². The number of hydrogen-bond acceptors (Lipinski definition) is 4. The summed E-state index contributed by atoms with van der Waals surface area (Å²) >= 11 is 0. The number of nitrogens with zero attached hydrogens (tertiary/aromatic N) is 2. The smallest absolute Gasteiger partial charge is 0.325 e. The molecule has 2 saturated heterocycles. The Morgan fingerprint density at radius 3 is 2.29 bits per heavy atom. The van der Waals surface area contributed by atoms with Crippen molar-refractivity contribution in [2.45, 2.75) is 58.3 Å². The fraction of sp³-hybridized carbons (Fsp3) is 0.571. The van der Waals surface area contributed by atoms with Crippen LogP contribution in [0.1, 0.15) is 51.7 Å². The van der Waals surface area contributed by atoms with Crippen molar-refractivity contribution < 1.29 is 19.1 Å². The Balaban J connectivity index is 1.74. The van der Waals surface area contributed by atoms with Gasteiger partial charge in [-0.15, -0.1) is 0 Å². The molecule has 3 rings (SSSR count). The Bertz CT molecular complexity index is 766. The summed E-state index contributed by atoms with van der Waals surface area (Å²) in [5, 5.41) is 2.76. The molecule has 7 heteroatoms. The van der Waals surface area contributed by atoms with E-state index in [1.807, 2.05) is 38.1 Å². The molecular weight excluding hydrogens is 358 g/mol. The van der Waals surface area contributed by atoms with Crippen molar-refractivity contribution in [3.63, 3.8) is 0 Å². The maximum Gasteiger partial charge on any atom is 0.325 e. The van der Waals surface area contributed by atoms with Crippen LogP contribution in [0.4, 0.5) is 4.79 Å². The van der Waals surface area contributed by atoms with Gasteiger partial charge in [-0.05, 0) is 37.8 Å². The van der Waals surface area contributed by atoms with E-state index in [-0.39, 0.29) is 24.7 Å². The standard InChI is InChI=1S/C21H29N3O4/c1-13(2)16-6-8-17(9-7-16)21(5)19(26)24(20(27)22-21)12-18(25)23-10-14(3)28-15(4)11-23/h6-9,13-15H,10-12H2,1-5H3,(H,22,27)/t14-,15+,21-/m1/s1. The molecular formula is C21H29N3O4. The number of benzene rings is 1. The third-order valence-electron chi connectivity index (χ3n) is 5.50. The van der Waals surface area contributed by atoms with Crippen molar-refractivity contribution in [3.8, 4) is 0 Å². The lowest BCUT2D eigenvalue weighted by Gasteiger charge is -2.35. The largest absolute Gasteiger partial charge is 0.372 e. The highest BCUT2D eigenvalue weighted by Crippen LogP contribution is 2.30. The Morgan fingerprint density at radius 1 is 1.18 bits per heavy atom. The van der Waals surface area contributed by atoms with Crippen LogP contribution in [0.15, 0.2) is 24.3 Å². The highest BCUT2D eigenvalue weighted by atomic mass is 16.5. The summed E-state index contributed by atoms with van der Waals surface area (Å²) in [6, 6.07) is 7.13. The number of carbonyl (C=O) groups is 3. The molecule has 2 fully saturated rings. The van der Waals surface area contributed by atoms with Crippen molar-refractivity contribution in [1.82, 2.24) is 15.1 Å². The molecule has 1 aromatic carbocycles.